The first-order valence-electron chi connectivity index (χ1n) is 5.99. The third kappa shape index (κ3) is 3.23. The van der Waals surface area contributed by atoms with Crippen LogP contribution in [0.2, 0.25) is 0 Å². The lowest BCUT2D eigenvalue weighted by Crippen LogP contribution is -2.26. The van der Waals surface area contributed by atoms with Gasteiger partial charge in [-0.25, -0.2) is 0 Å². The molecule has 1 aliphatic rings. The van der Waals surface area contributed by atoms with Crippen LogP contribution in [0.1, 0.15) is 11.6 Å². The van der Waals surface area contributed by atoms with Crippen LogP contribution < -0.4 is 15.4 Å². The largest absolute Gasteiger partial charge is 0.497 e. The van der Waals surface area contributed by atoms with E-state index in [0.29, 0.717) is 19.1 Å². The summed E-state index contributed by atoms with van der Waals surface area (Å²) in [6.07, 6.45) is 0. The smallest absolute Gasteiger partial charge is 0.253 e. The molecule has 0 spiro atoms. The summed E-state index contributed by atoms with van der Waals surface area (Å²) in [6.45, 7) is 1.02. The van der Waals surface area contributed by atoms with Crippen LogP contribution in [0.5, 0.6) is 5.75 Å². The van der Waals surface area contributed by atoms with Crippen molar-refractivity contribution in [3.63, 3.8) is 0 Å². The minimum Gasteiger partial charge on any atom is -0.497 e. The molecule has 1 atom stereocenters. The molecule has 6 heteroatoms. The SMILES string of the molecule is COCCN=C1NC(=O)C(c2cccc(OC)c2)N1. The minimum absolute atomic E-state index is 0.121. The molecule has 0 radical (unpaired) electrons. The standard InChI is InChI=1S/C13H17N3O3/c1-18-7-6-14-13-15-11(12(17)16-13)9-4-3-5-10(8-9)19-2/h3-5,8,11H,6-7H2,1-2H3,(H2,14,15,16,17). The zero-order valence-corrected chi connectivity index (χ0v) is 11.0. The van der Waals surface area contributed by atoms with Crippen molar-refractivity contribution in [1.82, 2.24) is 10.6 Å². The van der Waals surface area contributed by atoms with E-state index in [1.807, 2.05) is 24.3 Å². The van der Waals surface area contributed by atoms with Crippen molar-refractivity contribution in [2.75, 3.05) is 27.4 Å². The van der Waals surface area contributed by atoms with Crippen molar-refractivity contribution in [1.29, 1.82) is 0 Å². The molecule has 0 bridgehead atoms. The molecule has 0 aliphatic carbocycles. The Morgan fingerprint density at radius 2 is 2.21 bits per heavy atom. The van der Waals surface area contributed by atoms with Crippen molar-refractivity contribution < 1.29 is 14.3 Å². The molecule has 2 N–H and O–H groups in total. The number of carbonyl (C=O) groups is 1. The number of rotatable bonds is 5. The molecule has 102 valence electrons. The van der Waals surface area contributed by atoms with Crippen LogP contribution in [0.25, 0.3) is 0 Å². The molecule has 6 nitrogen and oxygen atoms in total. The van der Waals surface area contributed by atoms with E-state index in [1.165, 1.54) is 0 Å². The quantitative estimate of drug-likeness (QED) is 0.757. The fraction of sp³-hybridized carbons (Fsp3) is 0.385. The first kappa shape index (κ1) is 13.4. The highest BCUT2D eigenvalue weighted by atomic mass is 16.5. The molecule has 1 aromatic carbocycles. The second kappa shape index (κ2) is 6.19. The number of amides is 1. The number of aliphatic imine (C=N–C) groups is 1. The van der Waals surface area contributed by atoms with Gasteiger partial charge in [-0.1, -0.05) is 12.1 Å². The molecule has 1 amide bonds. The Labute approximate surface area is 111 Å². The summed E-state index contributed by atoms with van der Waals surface area (Å²) >= 11 is 0. The molecular formula is C13H17N3O3. The van der Waals surface area contributed by atoms with Gasteiger partial charge >= 0.3 is 0 Å². The van der Waals surface area contributed by atoms with Gasteiger partial charge in [0.25, 0.3) is 5.91 Å². The molecular weight excluding hydrogens is 246 g/mol. The number of hydrogen-bond acceptors (Lipinski definition) is 4. The Bertz CT molecular complexity index is 488. The zero-order chi connectivity index (χ0) is 13.7. The predicted octanol–water partition coefficient (Wildman–Crippen LogP) is 0.458. The molecule has 0 saturated carbocycles. The molecule has 1 unspecified atom stereocenters. The first-order valence-corrected chi connectivity index (χ1v) is 5.99. The lowest BCUT2D eigenvalue weighted by Gasteiger charge is -2.09. The van der Waals surface area contributed by atoms with Crippen LogP contribution in [0.15, 0.2) is 29.3 Å². The van der Waals surface area contributed by atoms with Gasteiger partial charge in [0, 0.05) is 7.11 Å². The van der Waals surface area contributed by atoms with Crippen LogP contribution in [0.4, 0.5) is 0 Å². The molecule has 2 rings (SSSR count). The van der Waals surface area contributed by atoms with E-state index in [-0.39, 0.29) is 5.91 Å². The number of nitrogens with zero attached hydrogens (tertiary/aromatic N) is 1. The molecule has 1 heterocycles. The van der Waals surface area contributed by atoms with E-state index >= 15 is 0 Å². The van der Waals surface area contributed by atoms with E-state index in [4.69, 9.17) is 9.47 Å². The van der Waals surface area contributed by atoms with Gasteiger partial charge in [-0.3, -0.25) is 15.1 Å². The summed E-state index contributed by atoms with van der Waals surface area (Å²) in [5.41, 5.74) is 0.841. The molecule has 1 aliphatic heterocycles. The van der Waals surface area contributed by atoms with Crippen molar-refractivity contribution >= 4 is 11.9 Å². The number of nitrogens with one attached hydrogen (secondary N) is 2. The lowest BCUT2D eigenvalue weighted by atomic mass is 10.1. The van der Waals surface area contributed by atoms with E-state index in [9.17, 15) is 4.79 Å². The number of carbonyl (C=O) groups excluding carboxylic acids is 1. The Balaban J connectivity index is 2.09. The molecule has 1 aromatic rings. The summed E-state index contributed by atoms with van der Waals surface area (Å²) in [4.78, 5) is 16.1. The highest BCUT2D eigenvalue weighted by molar-refractivity contribution is 6.06. The van der Waals surface area contributed by atoms with Gasteiger partial charge in [-0.15, -0.1) is 0 Å². The summed E-state index contributed by atoms with van der Waals surface area (Å²) in [5, 5.41) is 5.75. The van der Waals surface area contributed by atoms with Crippen molar-refractivity contribution in [2.45, 2.75) is 6.04 Å². The number of methoxy groups -OCH3 is 2. The predicted molar refractivity (Wildman–Crippen MR) is 71.2 cm³/mol. The summed E-state index contributed by atoms with van der Waals surface area (Å²) in [5.74, 6) is 1.08. The maximum Gasteiger partial charge on any atom is 0.253 e. The summed E-state index contributed by atoms with van der Waals surface area (Å²) in [7, 11) is 3.21. The van der Waals surface area contributed by atoms with Crippen molar-refractivity contribution in [3.05, 3.63) is 29.8 Å². The maximum absolute atomic E-state index is 11.9. The maximum atomic E-state index is 11.9. The molecule has 0 aromatic heterocycles. The number of benzene rings is 1. The monoisotopic (exact) mass is 263 g/mol. The second-order valence-corrected chi connectivity index (χ2v) is 4.07. The van der Waals surface area contributed by atoms with Gasteiger partial charge in [-0.2, -0.15) is 0 Å². The number of guanidine groups is 1. The summed E-state index contributed by atoms with van der Waals surface area (Å²) in [6, 6.07) is 6.96. The Morgan fingerprint density at radius 1 is 1.37 bits per heavy atom. The Hall–Kier alpha value is -2.08. The number of hydrogen-bond donors (Lipinski definition) is 2. The van der Waals surface area contributed by atoms with E-state index in [0.717, 1.165) is 11.3 Å². The molecule has 1 saturated heterocycles. The average Bonchev–Trinajstić information content (AvgIpc) is 2.80. The fourth-order valence-electron chi connectivity index (χ4n) is 1.82. The Morgan fingerprint density at radius 3 is 2.95 bits per heavy atom. The topological polar surface area (TPSA) is 72.0 Å². The van der Waals surface area contributed by atoms with Crippen LogP contribution in [-0.4, -0.2) is 39.2 Å². The third-order valence-corrected chi connectivity index (χ3v) is 2.78. The van der Waals surface area contributed by atoms with Gasteiger partial charge in [0.1, 0.15) is 11.8 Å². The highest BCUT2D eigenvalue weighted by Crippen LogP contribution is 2.21. The minimum atomic E-state index is -0.434. The fourth-order valence-corrected chi connectivity index (χ4v) is 1.82. The van der Waals surface area contributed by atoms with Gasteiger partial charge in [-0.05, 0) is 17.7 Å². The van der Waals surface area contributed by atoms with E-state index in [1.54, 1.807) is 14.2 Å². The number of ether oxygens (including phenoxy) is 2. The first-order chi connectivity index (χ1) is 9.24. The molecule has 1 fully saturated rings. The van der Waals surface area contributed by atoms with Crippen LogP contribution in [0, 0.1) is 0 Å². The summed E-state index contributed by atoms with van der Waals surface area (Å²) < 4.78 is 10.1. The Kier molecular flexibility index (Phi) is 4.35. The van der Waals surface area contributed by atoms with Crippen LogP contribution in [0.3, 0.4) is 0 Å². The lowest BCUT2D eigenvalue weighted by molar-refractivity contribution is -0.120. The zero-order valence-electron chi connectivity index (χ0n) is 11.0. The molecule has 19 heavy (non-hydrogen) atoms. The van der Waals surface area contributed by atoms with Crippen LogP contribution >= 0.6 is 0 Å². The second-order valence-electron chi connectivity index (χ2n) is 4.07. The van der Waals surface area contributed by atoms with Gasteiger partial charge < -0.3 is 14.8 Å². The van der Waals surface area contributed by atoms with Gasteiger partial charge in [0.05, 0.1) is 20.3 Å². The van der Waals surface area contributed by atoms with E-state index in [2.05, 4.69) is 15.6 Å². The van der Waals surface area contributed by atoms with Crippen LogP contribution in [-0.2, 0) is 9.53 Å². The normalized spacial score (nSPS) is 20.2. The average molecular weight is 263 g/mol. The third-order valence-electron chi connectivity index (χ3n) is 2.78. The van der Waals surface area contributed by atoms with Gasteiger partial charge in [0.2, 0.25) is 0 Å². The van der Waals surface area contributed by atoms with E-state index < -0.39 is 6.04 Å². The van der Waals surface area contributed by atoms with Gasteiger partial charge in [0.15, 0.2) is 5.96 Å². The van der Waals surface area contributed by atoms with Crippen molar-refractivity contribution in [3.8, 4) is 5.75 Å². The van der Waals surface area contributed by atoms with Crippen molar-refractivity contribution in [2.24, 2.45) is 4.99 Å². The highest BCUT2D eigenvalue weighted by Gasteiger charge is 2.29.